The third-order valence-corrected chi connectivity index (χ3v) is 5.55. The van der Waals surface area contributed by atoms with Crippen LogP contribution in [0.4, 0.5) is 8.78 Å². The summed E-state index contributed by atoms with van der Waals surface area (Å²) in [6.07, 6.45) is 3.76. The van der Waals surface area contributed by atoms with Crippen molar-refractivity contribution in [3.8, 4) is 0 Å². The van der Waals surface area contributed by atoms with Crippen LogP contribution in [0.25, 0.3) is 0 Å². The quantitative estimate of drug-likeness (QED) is 0.678. The van der Waals surface area contributed by atoms with Crippen molar-refractivity contribution >= 4 is 5.91 Å². The lowest BCUT2D eigenvalue weighted by atomic mass is 10.1. The van der Waals surface area contributed by atoms with Gasteiger partial charge < -0.3 is 9.88 Å². The van der Waals surface area contributed by atoms with E-state index in [2.05, 4.69) is 32.2 Å². The Morgan fingerprint density at radius 1 is 1.03 bits per heavy atom. The molecule has 1 aromatic heterocycles. The van der Waals surface area contributed by atoms with Crippen LogP contribution < -0.4 is 5.32 Å². The molecule has 0 fully saturated rings. The minimum atomic E-state index is -0.956. The third kappa shape index (κ3) is 4.72. The van der Waals surface area contributed by atoms with Crippen LogP contribution >= 0.6 is 0 Å². The lowest BCUT2D eigenvalue weighted by Gasteiger charge is -2.16. The van der Waals surface area contributed by atoms with Gasteiger partial charge in [0.05, 0.1) is 6.42 Å². The van der Waals surface area contributed by atoms with Gasteiger partial charge in [0.15, 0.2) is 11.6 Å². The Morgan fingerprint density at radius 2 is 1.87 bits per heavy atom. The number of aromatic nitrogens is 3. The number of fused-ring (bicyclic) bond motifs is 1. The van der Waals surface area contributed by atoms with E-state index in [1.165, 1.54) is 17.7 Å². The molecular weight excluding hydrogens is 386 g/mol. The minimum Gasteiger partial charge on any atom is -0.353 e. The van der Waals surface area contributed by atoms with Gasteiger partial charge in [0, 0.05) is 31.0 Å². The highest BCUT2D eigenvalue weighted by atomic mass is 19.2. The highest BCUT2D eigenvalue weighted by Gasteiger charge is 2.22. The number of benzene rings is 2. The van der Waals surface area contributed by atoms with Crippen molar-refractivity contribution in [2.45, 2.75) is 51.1 Å². The molecular formula is C23H24F2N4O. The molecule has 0 saturated carbocycles. The fourth-order valence-corrected chi connectivity index (χ4v) is 3.91. The number of amides is 1. The first-order valence-corrected chi connectivity index (χ1v) is 10.3. The lowest BCUT2D eigenvalue weighted by Crippen LogP contribution is -2.36. The molecule has 7 heteroatoms. The summed E-state index contributed by atoms with van der Waals surface area (Å²) in [7, 11) is 0. The summed E-state index contributed by atoms with van der Waals surface area (Å²) in [5, 5.41) is 11.7. The fraction of sp³-hybridized carbons (Fsp3) is 0.348. The zero-order chi connectivity index (χ0) is 20.9. The molecule has 4 rings (SSSR count). The van der Waals surface area contributed by atoms with Gasteiger partial charge in [-0.05, 0) is 30.9 Å². The molecule has 156 valence electrons. The standard InChI is InChI=1S/C23H24F2N4O/c24-19-8-4-7-17(23(19)25)15-22(30)26-18-10-12-21-28-27-20(29(21)14-13-18)11-9-16-5-2-1-3-6-16/h1-8,18H,9-15H2,(H,26,30). The van der Waals surface area contributed by atoms with Crippen LogP contribution in [0.5, 0.6) is 0 Å². The monoisotopic (exact) mass is 410 g/mol. The van der Waals surface area contributed by atoms with Crippen LogP contribution in [0.15, 0.2) is 48.5 Å². The van der Waals surface area contributed by atoms with Gasteiger partial charge >= 0.3 is 0 Å². The summed E-state index contributed by atoms with van der Waals surface area (Å²) < 4.78 is 29.3. The zero-order valence-electron chi connectivity index (χ0n) is 16.7. The second-order valence-corrected chi connectivity index (χ2v) is 7.65. The highest BCUT2D eigenvalue weighted by Crippen LogP contribution is 2.17. The van der Waals surface area contributed by atoms with Crippen molar-refractivity contribution in [2.24, 2.45) is 0 Å². The smallest absolute Gasteiger partial charge is 0.224 e. The van der Waals surface area contributed by atoms with E-state index in [0.717, 1.165) is 56.4 Å². The maximum absolute atomic E-state index is 13.8. The Kier molecular flexibility index (Phi) is 6.16. The summed E-state index contributed by atoms with van der Waals surface area (Å²) in [4.78, 5) is 12.4. The molecule has 1 amide bonds. The number of aryl methyl sites for hydroxylation is 3. The number of carbonyl (C=O) groups is 1. The molecule has 2 heterocycles. The van der Waals surface area contributed by atoms with E-state index >= 15 is 0 Å². The average Bonchev–Trinajstić information content (AvgIpc) is 3.03. The van der Waals surface area contributed by atoms with Gasteiger partial charge in [-0.25, -0.2) is 8.78 Å². The molecule has 0 radical (unpaired) electrons. The van der Waals surface area contributed by atoms with E-state index in [1.807, 2.05) is 18.2 Å². The average molecular weight is 410 g/mol. The Morgan fingerprint density at radius 3 is 2.70 bits per heavy atom. The van der Waals surface area contributed by atoms with Gasteiger partial charge in [-0.3, -0.25) is 4.79 Å². The van der Waals surface area contributed by atoms with Crippen molar-refractivity contribution in [3.63, 3.8) is 0 Å². The van der Waals surface area contributed by atoms with E-state index in [0.29, 0.717) is 0 Å². The number of carbonyl (C=O) groups excluding carboxylic acids is 1. The topological polar surface area (TPSA) is 59.8 Å². The first-order chi connectivity index (χ1) is 14.6. The van der Waals surface area contributed by atoms with E-state index in [4.69, 9.17) is 0 Å². The van der Waals surface area contributed by atoms with Gasteiger partial charge in [-0.15, -0.1) is 10.2 Å². The Hall–Kier alpha value is -3.09. The molecule has 1 atom stereocenters. The second-order valence-electron chi connectivity index (χ2n) is 7.65. The van der Waals surface area contributed by atoms with E-state index in [9.17, 15) is 13.6 Å². The highest BCUT2D eigenvalue weighted by molar-refractivity contribution is 5.78. The van der Waals surface area contributed by atoms with Crippen molar-refractivity contribution in [1.82, 2.24) is 20.1 Å². The largest absolute Gasteiger partial charge is 0.353 e. The summed E-state index contributed by atoms with van der Waals surface area (Å²) in [6.45, 7) is 0.728. The molecule has 0 bridgehead atoms. The number of rotatable bonds is 6. The van der Waals surface area contributed by atoms with Gasteiger partial charge in [0.2, 0.25) is 5.91 Å². The van der Waals surface area contributed by atoms with Crippen LogP contribution in [0.2, 0.25) is 0 Å². The van der Waals surface area contributed by atoms with Gasteiger partial charge in [0.25, 0.3) is 0 Å². The maximum Gasteiger partial charge on any atom is 0.224 e. The van der Waals surface area contributed by atoms with Crippen LogP contribution in [-0.2, 0) is 37.0 Å². The normalized spacial score (nSPS) is 16.0. The summed E-state index contributed by atoms with van der Waals surface area (Å²) >= 11 is 0. The first-order valence-electron chi connectivity index (χ1n) is 10.3. The molecule has 0 spiro atoms. The van der Waals surface area contributed by atoms with Crippen molar-refractivity contribution < 1.29 is 13.6 Å². The Balaban J connectivity index is 1.33. The molecule has 1 aliphatic rings. The number of hydrogen-bond acceptors (Lipinski definition) is 3. The van der Waals surface area contributed by atoms with Gasteiger partial charge in [-0.1, -0.05) is 42.5 Å². The first kappa shape index (κ1) is 20.2. The van der Waals surface area contributed by atoms with Crippen LogP contribution in [0, 0.1) is 11.6 Å². The molecule has 0 aliphatic carbocycles. The molecule has 3 aromatic rings. The number of nitrogens with zero attached hydrogens (tertiary/aromatic N) is 3. The number of halogens is 2. The molecule has 1 N–H and O–H groups in total. The van der Waals surface area contributed by atoms with Gasteiger partial charge in [0.1, 0.15) is 11.6 Å². The lowest BCUT2D eigenvalue weighted by molar-refractivity contribution is -0.121. The Labute approximate surface area is 174 Å². The van der Waals surface area contributed by atoms with Gasteiger partial charge in [-0.2, -0.15) is 0 Å². The molecule has 1 aliphatic heterocycles. The van der Waals surface area contributed by atoms with E-state index in [1.54, 1.807) is 0 Å². The number of hydrogen-bond donors (Lipinski definition) is 1. The van der Waals surface area contributed by atoms with Crippen molar-refractivity contribution in [1.29, 1.82) is 0 Å². The fourth-order valence-electron chi connectivity index (χ4n) is 3.91. The maximum atomic E-state index is 13.8. The predicted molar refractivity (Wildman–Crippen MR) is 109 cm³/mol. The molecule has 0 saturated heterocycles. The van der Waals surface area contributed by atoms with E-state index in [-0.39, 0.29) is 23.9 Å². The van der Waals surface area contributed by atoms with Crippen LogP contribution in [0.1, 0.15) is 35.6 Å². The summed E-state index contributed by atoms with van der Waals surface area (Å²) in [5.41, 5.74) is 1.33. The number of nitrogens with one attached hydrogen (secondary N) is 1. The van der Waals surface area contributed by atoms with E-state index < -0.39 is 11.6 Å². The van der Waals surface area contributed by atoms with Crippen LogP contribution in [-0.4, -0.2) is 26.7 Å². The zero-order valence-corrected chi connectivity index (χ0v) is 16.7. The molecule has 1 unspecified atom stereocenters. The second kappa shape index (κ2) is 9.15. The minimum absolute atomic E-state index is 0.0298. The summed E-state index contributed by atoms with van der Waals surface area (Å²) in [6, 6.07) is 14.1. The summed E-state index contributed by atoms with van der Waals surface area (Å²) in [5.74, 6) is -0.293. The van der Waals surface area contributed by atoms with Crippen molar-refractivity contribution in [2.75, 3.05) is 0 Å². The predicted octanol–water partition coefficient (Wildman–Crippen LogP) is 3.41. The molecule has 2 aromatic carbocycles. The Bertz CT molecular complexity index is 1020. The molecule has 30 heavy (non-hydrogen) atoms. The molecule has 5 nitrogen and oxygen atoms in total. The van der Waals surface area contributed by atoms with Crippen molar-refractivity contribution in [3.05, 3.63) is 82.9 Å². The third-order valence-electron chi connectivity index (χ3n) is 5.55. The van der Waals surface area contributed by atoms with Crippen LogP contribution in [0.3, 0.4) is 0 Å². The SMILES string of the molecule is O=C(Cc1cccc(F)c1F)NC1CCc2nnc(CCc3ccccc3)n2CC1.